The van der Waals surface area contributed by atoms with E-state index in [4.69, 9.17) is 0 Å². The highest BCUT2D eigenvalue weighted by molar-refractivity contribution is 7.22. The molecule has 0 N–H and O–H groups in total. The maximum absolute atomic E-state index is 13.7. The number of imide groups is 1. The molecule has 0 saturated carbocycles. The third kappa shape index (κ3) is 3.83. The highest BCUT2D eigenvalue weighted by Crippen LogP contribution is 2.36. The van der Waals surface area contributed by atoms with Crippen molar-refractivity contribution in [2.75, 3.05) is 11.4 Å². The zero-order valence-corrected chi connectivity index (χ0v) is 19.5. The van der Waals surface area contributed by atoms with Crippen LogP contribution in [0.2, 0.25) is 0 Å². The lowest BCUT2D eigenvalue weighted by atomic mass is 10.1. The zero-order chi connectivity index (χ0) is 24.9. The molecule has 174 valence electrons. The van der Waals surface area contributed by atoms with Crippen LogP contribution in [-0.2, 0) is 4.79 Å². The molecular formula is C25H18N4O5S. The smallest absolute Gasteiger partial charge is 0.272 e. The quantitative estimate of drug-likeness (QED) is 0.228. The van der Waals surface area contributed by atoms with Crippen molar-refractivity contribution in [3.8, 4) is 0 Å². The molecule has 9 nitrogen and oxygen atoms in total. The number of nitro groups is 1. The van der Waals surface area contributed by atoms with Crippen LogP contribution in [0.1, 0.15) is 31.8 Å². The van der Waals surface area contributed by atoms with E-state index in [1.54, 1.807) is 0 Å². The molecule has 3 amide bonds. The number of hydrogen-bond donors (Lipinski definition) is 0. The number of nitrogens with zero attached hydrogens (tertiary/aromatic N) is 4. The van der Waals surface area contributed by atoms with Gasteiger partial charge in [0.05, 0.1) is 26.4 Å². The van der Waals surface area contributed by atoms with Gasteiger partial charge in [0, 0.05) is 6.07 Å². The predicted octanol–water partition coefficient (Wildman–Crippen LogP) is 4.78. The summed E-state index contributed by atoms with van der Waals surface area (Å²) in [6.07, 6.45) is 0. The van der Waals surface area contributed by atoms with Gasteiger partial charge in [0.2, 0.25) is 0 Å². The first-order valence-electron chi connectivity index (χ1n) is 10.6. The summed E-state index contributed by atoms with van der Waals surface area (Å²) in [6, 6.07) is 16.9. The highest BCUT2D eigenvalue weighted by atomic mass is 32.1. The summed E-state index contributed by atoms with van der Waals surface area (Å²) >= 11 is 1.31. The fourth-order valence-electron chi connectivity index (χ4n) is 4.21. The molecule has 35 heavy (non-hydrogen) atoms. The van der Waals surface area contributed by atoms with Crippen molar-refractivity contribution in [2.24, 2.45) is 0 Å². The number of rotatable bonds is 5. The number of aryl methyl sites for hydroxylation is 2. The third-order valence-corrected chi connectivity index (χ3v) is 6.68. The lowest BCUT2D eigenvalue weighted by Crippen LogP contribution is -2.41. The van der Waals surface area contributed by atoms with Crippen LogP contribution in [0.25, 0.3) is 10.2 Å². The fraction of sp³-hybridized carbons (Fsp3) is 0.120. The average Bonchev–Trinajstić information content (AvgIpc) is 3.33. The summed E-state index contributed by atoms with van der Waals surface area (Å²) in [5.41, 5.74) is 2.27. The van der Waals surface area contributed by atoms with Crippen LogP contribution in [0, 0.1) is 24.0 Å². The molecule has 0 unspecified atom stereocenters. The van der Waals surface area contributed by atoms with Crippen molar-refractivity contribution in [2.45, 2.75) is 13.8 Å². The van der Waals surface area contributed by atoms with Crippen LogP contribution >= 0.6 is 11.3 Å². The Bertz CT molecular complexity index is 1510. The first-order valence-corrected chi connectivity index (χ1v) is 11.5. The van der Waals surface area contributed by atoms with E-state index in [1.165, 1.54) is 28.4 Å². The van der Waals surface area contributed by atoms with Gasteiger partial charge in [-0.05, 0) is 55.3 Å². The van der Waals surface area contributed by atoms with E-state index in [0.717, 1.165) is 26.8 Å². The van der Waals surface area contributed by atoms with Gasteiger partial charge < -0.3 is 0 Å². The minimum Gasteiger partial charge on any atom is -0.272 e. The molecule has 0 atom stereocenters. The Labute approximate surface area is 203 Å². The maximum atomic E-state index is 13.7. The summed E-state index contributed by atoms with van der Waals surface area (Å²) in [7, 11) is 0. The van der Waals surface area contributed by atoms with Crippen LogP contribution in [0.3, 0.4) is 0 Å². The molecule has 1 aliphatic heterocycles. The molecule has 1 aliphatic rings. The number of benzene rings is 3. The number of anilines is 2. The van der Waals surface area contributed by atoms with Crippen LogP contribution in [-0.4, -0.2) is 39.1 Å². The topological polar surface area (TPSA) is 114 Å². The Balaban J connectivity index is 1.55. The van der Waals surface area contributed by atoms with E-state index in [1.807, 2.05) is 56.3 Å². The van der Waals surface area contributed by atoms with Gasteiger partial charge in [-0.25, -0.2) is 4.98 Å². The molecule has 0 spiro atoms. The SMILES string of the molecule is Cc1cc(C)cc(N(C(=O)CN2C(=O)c3cccc([N+](=O)[O-])c3C2=O)c2nc3ccccc3s2)c1. The Morgan fingerprint density at radius 1 is 1.03 bits per heavy atom. The van der Waals surface area contributed by atoms with Gasteiger partial charge in [0.25, 0.3) is 23.4 Å². The van der Waals surface area contributed by atoms with E-state index in [-0.39, 0.29) is 11.1 Å². The second kappa shape index (κ2) is 8.41. The standard InChI is InChI=1S/C25H18N4O5S/c1-14-10-15(2)12-16(11-14)28(25-26-18-7-3-4-9-20(18)35-25)21(30)13-27-23(31)17-6-5-8-19(29(33)34)22(17)24(27)32/h3-12H,13H2,1-2H3. The first kappa shape index (κ1) is 22.4. The van der Waals surface area contributed by atoms with Gasteiger partial charge in [0.1, 0.15) is 12.1 Å². The lowest BCUT2D eigenvalue weighted by molar-refractivity contribution is -0.385. The molecule has 3 aromatic carbocycles. The molecule has 10 heteroatoms. The van der Waals surface area contributed by atoms with E-state index in [2.05, 4.69) is 4.98 Å². The van der Waals surface area contributed by atoms with Gasteiger partial charge >= 0.3 is 0 Å². The number of thiazole rings is 1. The number of nitro benzene ring substituents is 1. The number of fused-ring (bicyclic) bond motifs is 2. The van der Waals surface area contributed by atoms with Crippen molar-refractivity contribution in [1.82, 2.24) is 9.88 Å². The van der Waals surface area contributed by atoms with Crippen molar-refractivity contribution in [1.29, 1.82) is 0 Å². The molecule has 0 aliphatic carbocycles. The zero-order valence-electron chi connectivity index (χ0n) is 18.7. The Kier molecular flexibility index (Phi) is 5.37. The molecule has 0 fully saturated rings. The van der Waals surface area contributed by atoms with Crippen molar-refractivity contribution in [3.63, 3.8) is 0 Å². The number of hydrogen-bond acceptors (Lipinski definition) is 7. The number of para-hydroxylation sites is 1. The van der Waals surface area contributed by atoms with E-state index >= 15 is 0 Å². The van der Waals surface area contributed by atoms with Gasteiger partial charge in [0.15, 0.2) is 5.13 Å². The molecule has 0 saturated heterocycles. The van der Waals surface area contributed by atoms with E-state index < -0.39 is 34.9 Å². The summed E-state index contributed by atoms with van der Waals surface area (Å²) in [5, 5.41) is 11.8. The highest BCUT2D eigenvalue weighted by Gasteiger charge is 2.42. The Morgan fingerprint density at radius 3 is 2.43 bits per heavy atom. The summed E-state index contributed by atoms with van der Waals surface area (Å²) in [5.74, 6) is -2.17. The monoisotopic (exact) mass is 486 g/mol. The third-order valence-electron chi connectivity index (χ3n) is 5.66. The molecule has 5 rings (SSSR count). The average molecular weight is 487 g/mol. The summed E-state index contributed by atoms with van der Waals surface area (Å²) in [6.45, 7) is 3.22. The van der Waals surface area contributed by atoms with Crippen LogP contribution in [0.5, 0.6) is 0 Å². The number of aromatic nitrogens is 1. The minimum atomic E-state index is -0.865. The lowest BCUT2D eigenvalue weighted by Gasteiger charge is -2.23. The molecular weight excluding hydrogens is 468 g/mol. The fourth-order valence-corrected chi connectivity index (χ4v) is 5.22. The van der Waals surface area contributed by atoms with Crippen molar-refractivity contribution >= 4 is 55.8 Å². The van der Waals surface area contributed by atoms with Crippen molar-refractivity contribution < 1.29 is 19.3 Å². The normalized spacial score (nSPS) is 12.8. The molecule has 0 radical (unpaired) electrons. The van der Waals surface area contributed by atoms with Crippen LogP contribution in [0.4, 0.5) is 16.5 Å². The Hall–Kier alpha value is -4.44. The van der Waals surface area contributed by atoms with Crippen LogP contribution in [0.15, 0.2) is 60.7 Å². The number of carbonyl (C=O) groups is 3. The Morgan fingerprint density at radius 2 is 1.74 bits per heavy atom. The number of amides is 3. The van der Waals surface area contributed by atoms with Gasteiger partial charge in [-0.1, -0.05) is 35.6 Å². The van der Waals surface area contributed by atoms with Gasteiger partial charge in [-0.15, -0.1) is 0 Å². The second-order valence-corrected chi connectivity index (χ2v) is 9.20. The largest absolute Gasteiger partial charge is 0.282 e. The number of carbonyl (C=O) groups excluding carboxylic acids is 3. The molecule has 2 heterocycles. The molecule has 1 aromatic heterocycles. The maximum Gasteiger partial charge on any atom is 0.282 e. The molecule has 4 aromatic rings. The summed E-state index contributed by atoms with van der Waals surface area (Å²) in [4.78, 5) is 57.1. The van der Waals surface area contributed by atoms with Gasteiger partial charge in [-0.3, -0.25) is 34.3 Å². The summed E-state index contributed by atoms with van der Waals surface area (Å²) < 4.78 is 0.876. The van der Waals surface area contributed by atoms with Crippen LogP contribution < -0.4 is 4.90 Å². The van der Waals surface area contributed by atoms with Crippen molar-refractivity contribution in [3.05, 3.63) is 93.0 Å². The first-order chi connectivity index (χ1) is 16.7. The van der Waals surface area contributed by atoms with E-state index in [0.29, 0.717) is 16.3 Å². The predicted molar refractivity (Wildman–Crippen MR) is 131 cm³/mol. The minimum absolute atomic E-state index is 0.0880. The molecule has 0 bridgehead atoms. The van der Waals surface area contributed by atoms with Gasteiger partial charge in [-0.2, -0.15) is 0 Å². The van der Waals surface area contributed by atoms with E-state index in [9.17, 15) is 24.5 Å². The second-order valence-electron chi connectivity index (χ2n) is 8.19.